The molecule has 0 amide bonds. The molecule has 2 nitrogen and oxygen atoms in total. The number of nitrogens with zero attached hydrogens (tertiary/aromatic N) is 1. The molecule has 2 atom stereocenters. The Bertz CT molecular complexity index is 646. The first-order valence-electron chi connectivity index (χ1n) is 9.76. The van der Waals surface area contributed by atoms with E-state index in [9.17, 15) is 5.11 Å². The predicted molar refractivity (Wildman–Crippen MR) is 105 cm³/mol. The average molecular weight is 338 g/mol. The second-order valence-electron chi connectivity index (χ2n) is 7.30. The van der Waals surface area contributed by atoms with E-state index in [0.29, 0.717) is 6.42 Å². The Morgan fingerprint density at radius 1 is 0.960 bits per heavy atom. The lowest BCUT2D eigenvalue weighted by Gasteiger charge is -2.38. The van der Waals surface area contributed by atoms with Gasteiger partial charge in [0.05, 0.1) is 5.60 Å². The highest BCUT2D eigenvalue weighted by Gasteiger charge is 2.39. The van der Waals surface area contributed by atoms with Crippen LogP contribution in [0, 0.1) is 0 Å². The molecule has 0 unspecified atom stereocenters. The second-order valence-corrected chi connectivity index (χ2v) is 7.30. The van der Waals surface area contributed by atoms with Crippen molar-refractivity contribution in [2.75, 3.05) is 19.6 Å². The minimum Gasteiger partial charge on any atom is -0.384 e. The third-order valence-electron chi connectivity index (χ3n) is 5.82. The third-order valence-corrected chi connectivity index (χ3v) is 5.82. The topological polar surface area (TPSA) is 23.5 Å². The largest absolute Gasteiger partial charge is 0.384 e. The van der Waals surface area contributed by atoms with Crippen molar-refractivity contribution in [1.82, 2.24) is 4.90 Å². The standard InChI is InChI=1S/C23H31NO/c1-3-19-12-14-21(15-13-19)23(25,4-2)22(18-24-16-8-9-17-24)20-10-6-5-7-11-20/h5-7,10-15,22,25H,3-4,8-9,16-18H2,1-2H3/t22-,23-/m0/s1. The van der Waals surface area contributed by atoms with Crippen molar-refractivity contribution in [3.63, 3.8) is 0 Å². The van der Waals surface area contributed by atoms with Gasteiger partial charge in [0.15, 0.2) is 0 Å². The highest BCUT2D eigenvalue weighted by atomic mass is 16.3. The van der Waals surface area contributed by atoms with Gasteiger partial charge >= 0.3 is 0 Å². The van der Waals surface area contributed by atoms with E-state index in [1.165, 1.54) is 24.0 Å². The van der Waals surface area contributed by atoms with Gasteiger partial charge in [-0.2, -0.15) is 0 Å². The van der Waals surface area contributed by atoms with E-state index >= 15 is 0 Å². The van der Waals surface area contributed by atoms with Gasteiger partial charge < -0.3 is 10.0 Å². The molecule has 2 aromatic carbocycles. The molecule has 1 aliphatic rings. The Hall–Kier alpha value is -1.64. The van der Waals surface area contributed by atoms with E-state index < -0.39 is 5.60 Å². The average Bonchev–Trinajstić information content (AvgIpc) is 3.19. The summed E-state index contributed by atoms with van der Waals surface area (Å²) < 4.78 is 0. The minimum atomic E-state index is -0.837. The molecule has 1 fully saturated rings. The molecular weight excluding hydrogens is 306 g/mol. The van der Waals surface area contributed by atoms with Gasteiger partial charge in [-0.05, 0) is 55.5 Å². The zero-order valence-corrected chi connectivity index (χ0v) is 15.6. The predicted octanol–water partition coefficient (Wildman–Crippen LogP) is 4.73. The molecule has 1 N–H and O–H groups in total. The molecule has 0 spiro atoms. The van der Waals surface area contributed by atoms with Crippen LogP contribution >= 0.6 is 0 Å². The van der Waals surface area contributed by atoms with Gasteiger partial charge in [-0.15, -0.1) is 0 Å². The Labute approximate surface area is 152 Å². The van der Waals surface area contributed by atoms with Crippen molar-refractivity contribution in [2.45, 2.75) is 51.0 Å². The van der Waals surface area contributed by atoms with Crippen LogP contribution in [0.5, 0.6) is 0 Å². The number of benzene rings is 2. The minimum absolute atomic E-state index is 0.0873. The summed E-state index contributed by atoms with van der Waals surface area (Å²) in [5, 5.41) is 11.8. The summed E-state index contributed by atoms with van der Waals surface area (Å²) in [5.74, 6) is 0.0873. The Balaban J connectivity index is 1.97. The van der Waals surface area contributed by atoms with Crippen LogP contribution in [0.1, 0.15) is 55.7 Å². The van der Waals surface area contributed by atoms with E-state index in [2.05, 4.69) is 73.3 Å². The van der Waals surface area contributed by atoms with Crippen molar-refractivity contribution >= 4 is 0 Å². The van der Waals surface area contributed by atoms with Crippen LogP contribution in [-0.2, 0) is 12.0 Å². The first-order valence-corrected chi connectivity index (χ1v) is 9.76. The first kappa shape index (κ1) is 18.2. The lowest BCUT2D eigenvalue weighted by molar-refractivity contribution is -0.00675. The summed E-state index contributed by atoms with van der Waals surface area (Å²) >= 11 is 0. The van der Waals surface area contributed by atoms with Crippen LogP contribution in [0.2, 0.25) is 0 Å². The van der Waals surface area contributed by atoms with Crippen molar-refractivity contribution in [1.29, 1.82) is 0 Å². The number of hydrogen-bond donors (Lipinski definition) is 1. The fraction of sp³-hybridized carbons (Fsp3) is 0.478. The first-order chi connectivity index (χ1) is 12.2. The Morgan fingerprint density at radius 3 is 2.16 bits per heavy atom. The second kappa shape index (κ2) is 8.16. The van der Waals surface area contributed by atoms with Gasteiger partial charge in [-0.1, -0.05) is 68.4 Å². The van der Waals surface area contributed by atoms with Gasteiger partial charge in [0.1, 0.15) is 0 Å². The fourth-order valence-electron chi connectivity index (χ4n) is 4.12. The van der Waals surface area contributed by atoms with Gasteiger partial charge in [0, 0.05) is 12.5 Å². The van der Waals surface area contributed by atoms with Crippen LogP contribution in [0.25, 0.3) is 0 Å². The summed E-state index contributed by atoms with van der Waals surface area (Å²) in [5.41, 5.74) is 2.76. The van der Waals surface area contributed by atoms with E-state index in [0.717, 1.165) is 31.6 Å². The fourth-order valence-corrected chi connectivity index (χ4v) is 4.12. The maximum atomic E-state index is 11.8. The maximum absolute atomic E-state index is 11.8. The molecule has 134 valence electrons. The summed E-state index contributed by atoms with van der Waals surface area (Å²) in [4.78, 5) is 2.51. The molecule has 0 bridgehead atoms. The zero-order chi connectivity index (χ0) is 17.7. The highest BCUT2D eigenvalue weighted by Crippen LogP contribution is 2.40. The summed E-state index contributed by atoms with van der Waals surface area (Å²) in [6.07, 6.45) is 4.29. The Morgan fingerprint density at radius 2 is 1.60 bits per heavy atom. The van der Waals surface area contributed by atoms with Crippen molar-refractivity contribution < 1.29 is 5.11 Å². The molecule has 2 aromatic rings. The SMILES string of the molecule is CCc1ccc([C@@](O)(CC)[C@@H](CN2CCCC2)c2ccccc2)cc1. The van der Waals surface area contributed by atoms with E-state index in [1.54, 1.807) is 0 Å². The van der Waals surface area contributed by atoms with Crippen LogP contribution in [-0.4, -0.2) is 29.6 Å². The van der Waals surface area contributed by atoms with Crippen LogP contribution in [0.3, 0.4) is 0 Å². The van der Waals surface area contributed by atoms with Gasteiger partial charge in [0.25, 0.3) is 0 Å². The smallest absolute Gasteiger partial charge is 0.0974 e. The van der Waals surface area contributed by atoms with Crippen LogP contribution < -0.4 is 0 Å². The van der Waals surface area contributed by atoms with Crippen molar-refractivity contribution in [3.05, 3.63) is 71.3 Å². The van der Waals surface area contributed by atoms with Gasteiger partial charge in [-0.25, -0.2) is 0 Å². The number of aryl methyl sites for hydroxylation is 1. The molecule has 0 saturated carbocycles. The Kier molecular flexibility index (Phi) is 5.93. The van der Waals surface area contributed by atoms with Gasteiger partial charge in [0.2, 0.25) is 0 Å². The summed E-state index contributed by atoms with van der Waals surface area (Å²) in [6.45, 7) is 7.49. The van der Waals surface area contributed by atoms with Crippen LogP contribution in [0.4, 0.5) is 0 Å². The van der Waals surface area contributed by atoms with Crippen molar-refractivity contribution in [2.24, 2.45) is 0 Å². The number of hydrogen-bond acceptors (Lipinski definition) is 2. The van der Waals surface area contributed by atoms with Crippen LogP contribution in [0.15, 0.2) is 54.6 Å². The molecule has 0 aromatic heterocycles. The number of rotatable bonds is 7. The molecule has 1 saturated heterocycles. The summed E-state index contributed by atoms with van der Waals surface area (Å²) in [6, 6.07) is 19.1. The molecule has 2 heteroatoms. The third kappa shape index (κ3) is 3.96. The van der Waals surface area contributed by atoms with E-state index in [-0.39, 0.29) is 5.92 Å². The van der Waals surface area contributed by atoms with E-state index in [4.69, 9.17) is 0 Å². The highest BCUT2D eigenvalue weighted by molar-refractivity contribution is 5.33. The zero-order valence-electron chi connectivity index (χ0n) is 15.6. The quantitative estimate of drug-likeness (QED) is 0.790. The summed E-state index contributed by atoms with van der Waals surface area (Å²) in [7, 11) is 0. The maximum Gasteiger partial charge on any atom is 0.0974 e. The molecule has 1 aliphatic heterocycles. The van der Waals surface area contributed by atoms with Crippen molar-refractivity contribution in [3.8, 4) is 0 Å². The molecule has 0 radical (unpaired) electrons. The molecule has 0 aliphatic carbocycles. The lowest BCUT2D eigenvalue weighted by atomic mass is 9.75. The van der Waals surface area contributed by atoms with E-state index in [1.807, 2.05) is 0 Å². The van der Waals surface area contributed by atoms with Gasteiger partial charge in [-0.3, -0.25) is 0 Å². The number of likely N-dealkylation sites (tertiary alicyclic amines) is 1. The molecular formula is C23H31NO. The lowest BCUT2D eigenvalue weighted by Crippen LogP contribution is -2.40. The number of aliphatic hydroxyl groups is 1. The molecule has 25 heavy (non-hydrogen) atoms. The monoisotopic (exact) mass is 337 g/mol. The normalized spacial score (nSPS) is 18.8. The molecule has 1 heterocycles. The molecule has 3 rings (SSSR count).